The van der Waals surface area contributed by atoms with Crippen molar-refractivity contribution < 1.29 is 14.7 Å². The Morgan fingerprint density at radius 2 is 1.90 bits per heavy atom. The van der Waals surface area contributed by atoms with E-state index >= 15 is 0 Å². The molecule has 0 aromatic carbocycles. The molecule has 0 aromatic heterocycles. The van der Waals surface area contributed by atoms with E-state index in [1.54, 1.807) is 0 Å². The number of aliphatic carboxylic acids is 1. The minimum absolute atomic E-state index is 0.0975. The highest BCUT2D eigenvalue weighted by Crippen LogP contribution is 2.51. The summed E-state index contributed by atoms with van der Waals surface area (Å²) in [6.07, 6.45) is 6.35. The highest BCUT2D eigenvalue weighted by molar-refractivity contribution is 5.80. The lowest BCUT2D eigenvalue weighted by Crippen LogP contribution is -2.49. The van der Waals surface area contributed by atoms with Gasteiger partial charge < -0.3 is 15.3 Å². The summed E-state index contributed by atoms with van der Waals surface area (Å²) in [5, 5.41) is 12.0. The normalized spacial score (nSPS) is 20.9. The maximum atomic E-state index is 12.3. The van der Waals surface area contributed by atoms with Crippen LogP contribution < -0.4 is 5.32 Å². The molecule has 0 bridgehead atoms. The molecule has 5 heteroatoms. The first-order valence-electron chi connectivity index (χ1n) is 7.71. The molecular weight excluding hydrogens is 256 g/mol. The Kier molecular flexibility index (Phi) is 4.55. The number of carbonyl (C=O) groups excluding carboxylic acids is 1. The quantitative estimate of drug-likeness (QED) is 0.786. The Morgan fingerprint density at radius 3 is 2.35 bits per heavy atom. The Morgan fingerprint density at radius 1 is 1.30 bits per heavy atom. The van der Waals surface area contributed by atoms with Crippen LogP contribution in [0.3, 0.4) is 0 Å². The van der Waals surface area contributed by atoms with E-state index in [2.05, 4.69) is 19.2 Å². The Balaban J connectivity index is 1.90. The average Bonchev–Trinajstić information content (AvgIpc) is 2.99. The number of urea groups is 1. The summed E-state index contributed by atoms with van der Waals surface area (Å²) in [6.45, 7) is 4.85. The van der Waals surface area contributed by atoms with Gasteiger partial charge in [-0.15, -0.1) is 0 Å². The van der Waals surface area contributed by atoms with E-state index in [1.807, 2.05) is 0 Å². The zero-order valence-electron chi connectivity index (χ0n) is 12.5. The highest BCUT2D eigenvalue weighted by Gasteiger charge is 2.45. The van der Waals surface area contributed by atoms with E-state index < -0.39 is 5.97 Å². The topological polar surface area (TPSA) is 69.6 Å². The number of carboxylic acid groups (broad SMARTS) is 1. The van der Waals surface area contributed by atoms with Gasteiger partial charge in [0, 0.05) is 12.6 Å². The smallest absolute Gasteiger partial charge is 0.323 e. The molecule has 114 valence electrons. The molecule has 2 rings (SSSR count). The third-order valence-corrected chi connectivity index (χ3v) is 5.04. The van der Waals surface area contributed by atoms with Crippen LogP contribution >= 0.6 is 0 Å². The van der Waals surface area contributed by atoms with Crippen LogP contribution in [0, 0.1) is 11.3 Å². The SMILES string of the molecule is CC(C)C1(CNC(=O)N(CC(=O)O)C2CCCC2)CC1. The third kappa shape index (κ3) is 3.44. The molecule has 0 spiro atoms. The fourth-order valence-electron chi connectivity index (χ4n) is 3.20. The van der Waals surface area contributed by atoms with Crippen LogP contribution in [0.2, 0.25) is 0 Å². The molecule has 0 aliphatic heterocycles. The van der Waals surface area contributed by atoms with E-state index in [0.29, 0.717) is 12.5 Å². The van der Waals surface area contributed by atoms with E-state index in [9.17, 15) is 9.59 Å². The van der Waals surface area contributed by atoms with Gasteiger partial charge in [-0.1, -0.05) is 26.7 Å². The van der Waals surface area contributed by atoms with Crippen molar-refractivity contribution in [3.63, 3.8) is 0 Å². The van der Waals surface area contributed by atoms with Gasteiger partial charge in [-0.25, -0.2) is 4.79 Å². The zero-order valence-corrected chi connectivity index (χ0v) is 12.5. The minimum atomic E-state index is -0.933. The first-order chi connectivity index (χ1) is 9.44. The van der Waals surface area contributed by atoms with E-state index in [1.165, 1.54) is 4.90 Å². The highest BCUT2D eigenvalue weighted by atomic mass is 16.4. The van der Waals surface area contributed by atoms with Crippen LogP contribution in [-0.4, -0.2) is 41.1 Å². The molecule has 20 heavy (non-hydrogen) atoms. The number of hydrogen-bond acceptors (Lipinski definition) is 2. The molecule has 0 atom stereocenters. The van der Waals surface area contributed by atoms with Crippen LogP contribution in [0.15, 0.2) is 0 Å². The van der Waals surface area contributed by atoms with Crippen molar-refractivity contribution >= 4 is 12.0 Å². The summed E-state index contributed by atoms with van der Waals surface area (Å²) < 4.78 is 0. The van der Waals surface area contributed by atoms with Crippen LogP contribution in [0.1, 0.15) is 52.4 Å². The lowest BCUT2D eigenvalue weighted by atomic mass is 9.92. The van der Waals surface area contributed by atoms with Crippen molar-refractivity contribution in [1.82, 2.24) is 10.2 Å². The van der Waals surface area contributed by atoms with Crippen molar-refractivity contribution in [2.75, 3.05) is 13.1 Å². The van der Waals surface area contributed by atoms with Crippen molar-refractivity contribution in [2.24, 2.45) is 11.3 Å². The fraction of sp³-hybridized carbons (Fsp3) is 0.867. The molecule has 0 unspecified atom stereocenters. The zero-order chi connectivity index (χ0) is 14.8. The molecule has 2 saturated carbocycles. The fourth-order valence-corrected chi connectivity index (χ4v) is 3.20. The molecule has 2 aliphatic rings. The molecule has 2 amide bonds. The summed E-state index contributed by atoms with van der Waals surface area (Å²) in [6, 6.07) is -0.105. The first-order valence-corrected chi connectivity index (χ1v) is 7.71. The lowest BCUT2D eigenvalue weighted by Gasteiger charge is -2.29. The number of hydrogen-bond donors (Lipinski definition) is 2. The van der Waals surface area contributed by atoms with Crippen LogP contribution in [0.25, 0.3) is 0 Å². The van der Waals surface area contributed by atoms with E-state index in [-0.39, 0.29) is 24.0 Å². The molecule has 2 N–H and O–H groups in total. The van der Waals surface area contributed by atoms with Gasteiger partial charge in [-0.3, -0.25) is 4.79 Å². The summed E-state index contributed by atoms with van der Waals surface area (Å²) in [5.41, 5.74) is 0.250. The minimum Gasteiger partial charge on any atom is -0.480 e. The number of carboxylic acids is 1. The van der Waals surface area contributed by atoms with Crippen molar-refractivity contribution in [2.45, 2.75) is 58.4 Å². The Labute approximate surface area is 120 Å². The molecule has 0 saturated heterocycles. The molecule has 0 radical (unpaired) electrons. The number of nitrogens with one attached hydrogen (secondary N) is 1. The van der Waals surface area contributed by atoms with Crippen molar-refractivity contribution in [3.8, 4) is 0 Å². The van der Waals surface area contributed by atoms with Crippen LogP contribution in [0.4, 0.5) is 4.79 Å². The third-order valence-electron chi connectivity index (χ3n) is 5.04. The molecule has 0 aromatic rings. The lowest BCUT2D eigenvalue weighted by molar-refractivity contribution is -0.138. The summed E-state index contributed by atoms with van der Waals surface area (Å²) in [5.74, 6) is -0.376. The summed E-state index contributed by atoms with van der Waals surface area (Å²) >= 11 is 0. The molecular formula is C15H26N2O3. The monoisotopic (exact) mass is 282 g/mol. The summed E-state index contributed by atoms with van der Waals surface area (Å²) in [4.78, 5) is 24.8. The Bertz CT molecular complexity index is 371. The number of carbonyl (C=O) groups is 2. The van der Waals surface area contributed by atoms with E-state index in [0.717, 1.165) is 38.5 Å². The predicted octanol–water partition coefficient (Wildman–Crippen LogP) is 2.46. The van der Waals surface area contributed by atoms with Gasteiger partial charge in [0.15, 0.2) is 0 Å². The van der Waals surface area contributed by atoms with Crippen molar-refractivity contribution in [3.05, 3.63) is 0 Å². The first kappa shape index (κ1) is 15.1. The molecule has 2 fully saturated rings. The largest absolute Gasteiger partial charge is 0.480 e. The van der Waals surface area contributed by atoms with Gasteiger partial charge in [0.05, 0.1) is 0 Å². The van der Waals surface area contributed by atoms with Gasteiger partial charge in [0.1, 0.15) is 6.54 Å². The second kappa shape index (κ2) is 6.02. The molecule has 2 aliphatic carbocycles. The predicted molar refractivity (Wildman–Crippen MR) is 76.5 cm³/mol. The maximum absolute atomic E-state index is 12.3. The maximum Gasteiger partial charge on any atom is 0.323 e. The Hall–Kier alpha value is -1.26. The number of rotatable bonds is 6. The standard InChI is InChI=1S/C15H26N2O3/c1-11(2)15(7-8-15)10-16-14(20)17(9-13(18)19)12-5-3-4-6-12/h11-12H,3-10H2,1-2H3,(H,16,20)(H,18,19). The van der Waals surface area contributed by atoms with Crippen LogP contribution in [-0.2, 0) is 4.79 Å². The van der Waals surface area contributed by atoms with Gasteiger partial charge in [0.2, 0.25) is 0 Å². The average molecular weight is 282 g/mol. The van der Waals surface area contributed by atoms with Gasteiger partial charge >= 0.3 is 12.0 Å². The van der Waals surface area contributed by atoms with Crippen molar-refractivity contribution in [1.29, 1.82) is 0 Å². The second-order valence-electron chi connectivity index (χ2n) is 6.64. The van der Waals surface area contributed by atoms with Gasteiger partial charge in [0.25, 0.3) is 0 Å². The summed E-state index contributed by atoms with van der Waals surface area (Å²) in [7, 11) is 0. The molecule has 0 heterocycles. The second-order valence-corrected chi connectivity index (χ2v) is 6.64. The van der Waals surface area contributed by atoms with Crippen LogP contribution in [0.5, 0.6) is 0 Å². The van der Waals surface area contributed by atoms with Gasteiger partial charge in [-0.2, -0.15) is 0 Å². The number of amides is 2. The van der Waals surface area contributed by atoms with Gasteiger partial charge in [-0.05, 0) is 37.0 Å². The number of nitrogens with zero attached hydrogens (tertiary/aromatic N) is 1. The molecule has 5 nitrogen and oxygen atoms in total. The van der Waals surface area contributed by atoms with E-state index in [4.69, 9.17) is 5.11 Å².